The molecule has 2 rings (SSSR count). The second-order valence-electron chi connectivity index (χ2n) is 5.31. The summed E-state index contributed by atoms with van der Waals surface area (Å²) in [7, 11) is -4.35. The van der Waals surface area contributed by atoms with Gasteiger partial charge < -0.3 is 9.83 Å². The van der Waals surface area contributed by atoms with Crippen LogP contribution >= 0.6 is 23.2 Å². The zero-order valence-corrected chi connectivity index (χ0v) is 14.1. The molecular weight excluding hydrogens is 334 g/mol. The molecule has 9 heteroatoms. The summed E-state index contributed by atoms with van der Waals surface area (Å²) in [6.07, 6.45) is 0.627. The van der Waals surface area contributed by atoms with Gasteiger partial charge in [0.25, 0.3) is 0 Å². The Morgan fingerprint density at radius 3 is 2.67 bits per heavy atom. The first kappa shape index (κ1) is 17.1. The van der Waals surface area contributed by atoms with Crippen LogP contribution in [0.1, 0.15) is 13.3 Å². The zero-order valence-electron chi connectivity index (χ0n) is 11.8. The summed E-state index contributed by atoms with van der Waals surface area (Å²) in [6.45, 7) is 4.07. The minimum atomic E-state index is -3.74. The Morgan fingerprint density at radius 2 is 2.10 bits per heavy atom. The number of benzene rings is 1. The fourth-order valence-corrected chi connectivity index (χ4v) is 4.63. The van der Waals surface area contributed by atoms with Gasteiger partial charge in [0.15, 0.2) is 0 Å². The van der Waals surface area contributed by atoms with Crippen molar-refractivity contribution in [3.63, 3.8) is 0 Å². The van der Waals surface area contributed by atoms with Crippen molar-refractivity contribution in [2.45, 2.75) is 37.1 Å². The Morgan fingerprint density at radius 1 is 1.43 bits per heavy atom. The van der Waals surface area contributed by atoms with Gasteiger partial charge in [0.05, 0.1) is 5.02 Å². The van der Waals surface area contributed by atoms with Crippen LogP contribution in [0, 0.1) is 0 Å². The second-order valence-corrected chi connectivity index (χ2v) is 7.83. The van der Waals surface area contributed by atoms with Crippen molar-refractivity contribution in [3.8, 4) is 0 Å². The summed E-state index contributed by atoms with van der Waals surface area (Å²) in [4.78, 5) is 1.81. The normalized spacial score (nSPS) is 23.5. The minimum absolute atomic E-state index is 0.0279. The van der Waals surface area contributed by atoms with Crippen molar-refractivity contribution in [2.24, 2.45) is 0 Å². The summed E-state index contributed by atoms with van der Waals surface area (Å²) in [5, 5.41) is 10.1. The molecule has 0 saturated carbocycles. The molecule has 1 fully saturated rings. The summed E-state index contributed by atoms with van der Waals surface area (Å²) in [6, 6.07) is 4.16. The number of hydrogen-bond donors (Lipinski definition) is 2. The molecule has 0 spiro atoms. The molecule has 0 aromatic heterocycles. The van der Waals surface area contributed by atoms with Crippen molar-refractivity contribution < 1.29 is 13.4 Å². The van der Waals surface area contributed by atoms with E-state index in [9.17, 15) is 13.4 Å². The van der Waals surface area contributed by atoms with Gasteiger partial charge in [0, 0.05) is 17.6 Å². The Kier molecular flexibility index (Phi) is 5.23. The quantitative estimate of drug-likeness (QED) is 0.813. The summed E-state index contributed by atoms with van der Waals surface area (Å²) in [5.74, 6) is 0. The molecular formula is C12H17BCl2N2O3S. The third-order valence-corrected chi connectivity index (χ3v) is 5.84. The van der Waals surface area contributed by atoms with Gasteiger partial charge in [-0.1, -0.05) is 30.1 Å². The second kappa shape index (κ2) is 6.44. The van der Waals surface area contributed by atoms with Crippen LogP contribution in [0.15, 0.2) is 23.1 Å². The van der Waals surface area contributed by atoms with E-state index in [1.54, 1.807) is 6.82 Å². The van der Waals surface area contributed by atoms with Crippen molar-refractivity contribution in [2.75, 3.05) is 6.54 Å². The molecule has 2 N–H and O–H groups in total. The lowest BCUT2D eigenvalue weighted by atomic mass is 9.84. The highest BCUT2D eigenvalue weighted by atomic mass is 35.5. The first-order chi connectivity index (χ1) is 9.70. The van der Waals surface area contributed by atoms with E-state index in [1.165, 1.54) is 18.2 Å². The molecule has 0 bridgehead atoms. The van der Waals surface area contributed by atoms with Gasteiger partial charge in [-0.05, 0) is 37.5 Å². The van der Waals surface area contributed by atoms with Crippen LogP contribution in [0.3, 0.4) is 0 Å². The smallest absolute Gasteiger partial charge is 0.376 e. The standard InChI is InChI=1S/C12H17BCl2N2O3S/c1-8-5-10(7-17(8)13(2)18)16-21(19,20)12-6-9(14)3-4-11(12)15/h3-4,6,8,10,16,18H,5,7H2,1-2H3/t8-,10+/m0/s1. The highest BCUT2D eigenvalue weighted by molar-refractivity contribution is 7.89. The van der Waals surface area contributed by atoms with E-state index in [0.717, 1.165) is 0 Å². The summed E-state index contributed by atoms with van der Waals surface area (Å²) in [5.41, 5.74) is 0. The largest absolute Gasteiger partial charge is 0.437 e. The summed E-state index contributed by atoms with van der Waals surface area (Å²) >= 11 is 11.8. The topological polar surface area (TPSA) is 69.6 Å². The van der Waals surface area contributed by atoms with Crippen molar-refractivity contribution in [1.29, 1.82) is 0 Å². The molecule has 1 heterocycles. The molecule has 116 valence electrons. The molecule has 1 aromatic carbocycles. The Balaban J connectivity index is 2.17. The molecule has 5 nitrogen and oxygen atoms in total. The van der Waals surface area contributed by atoms with Crippen LogP contribution in [0.4, 0.5) is 0 Å². The third-order valence-electron chi connectivity index (χ3n) is 3.61. The van der Waals surface area contributed by atoms with E-state index < -0.39 is 17.1 Å². The van der Waals surface area contributed by atoms with Gasteiger partial charge in [-0.2, -0.15) is 0 Å². The molecule has 0 unspecified atom stereocenters. The molecule has 0 radical (unpaired) electrons. The van der Waals surface area contributed by atoms with Gasteiger partial charge in [0.2, 0.25) is 10.0 Å². The first-order valence-corrected chi connectivity index (χ1v) is 8.86. The zero-order chi connectivity index (χ0) is 15.8. The van der Waals surface area contributed by atoms with Crippen LogP contribution in [0.2, 0.25) is 16.9 Å². The Labute approximate surface area is 135 Å². The van der Waals surface area contributed by atoms with E-state index >= 15 is 0 Å². The SMILES string of the molecule is CB(O)N1C[C@H](NS(=O)(=O)c2cc(Cl)ccc2Cl)C[C@@H]1C. The third kappa shape index (κ3) is 3.91. The minimum Gasteiger partial charge on any atom is -0.437 e. The number of nitrogens with one attached hydrogen (secondary N) is 1. The van der Waals surface area contributed by atoms with Gasteiger partial charge >= 0.3 is 7.05 Å². The van der Waals surface area contributed by atoms with Crippen LogP contribution in [-0.2, 0) is 10.0 Å². The highest BCUT2D eigenvalue weighted by Crippen LogP contribution is 2.26. The summed E-state index contributed by atoms with van der Waals surface area (Å²) < 4.78 is 27.4. The van der Waals surface area contributed by atoms with Gasteiger partial charge in [-0.3, -0.25) is 0 Å². The van der Waals surface area contributed by atoms with Gasteiger partial charge in [-0.15, -0.1) is 0 Å². The molecule has 1 aliphatic rings. The van der Waals surface area contributed by atoms with Crippen LogP contribution in [0.5, 0.6) is 0 Å². The fraction of sp³-hybridized carbons (Fsp3) is 0.500. The van der Waals surface area contributed by atoms with E-state index in [0.29, 0.717) is 18.0 Å². The van der Waals surface area contributed by atoms with Gasteiger partial charge in [-0.25, -0.2) is 13.1 Å². The molecule has 21 heavy (non-hydrogen) atoms. The van der Waals surface area contributed by atoms with E-state index in [-0.39, 0.29) is 22.0 Å². The number of sulfonamides is 1. The van der Waals surface area contributed by atoms with E-state index in [4.69, 9.17) is 23.2 Å². The van der Waals surface area contributed by atoms with Crippen molar-refractivity contribution in [1.82, 2.24) is 9.53 Å². The Bertz CT molecular complexity index is 627. The van der Waals surface area contributed by atoms with Crippen LogP contribution in [0.25, 0.3) is 0 Å². The van der Waals surface area contributed by atoms with Crippen molar-refractivity contribution >= 4 is 40.3 Å². The highest BCUT2D eigenvalue weighted by Gasteiger charge is 2.35. The van der Waals surface area contributed by atoms with Crippen LogP contribution in [-0.4, -0.2) is 43.9 Å². The van der Waals surface area contributed by atoms with Crippen LogP contribution < -0.4 is 4.72 Å². The average Bonchev–Trinajstić information content (AvgIpc) is 2.72. The van der Waals surface area contributed by atoms with E-state index in [2.05, 4.69) is 4.72 Å². The molecule has 0 aliphatic carbocycles. The molecule has 1 saturated heterocycles. The maximum atomic E-state index is 12.4. The maximum absolute atomic E-state index is 12.4. The monoisotopic (exact) mass is 350 g/mol. The van der Waals surface area contributed by atoms with Gasteiger partial charge in [0.1, 0.15) is 4.90 Å². The fourth-order valence-electron chi connectivity index (χ4n) is 2.63. The Hall–Kier alpha value is -0.305. The molecule has 1 aromatic rings. The molecule has 0 amide bonds. The molecule has 1 aliphatic heterocycles. The first-order valence-electron chi connectivity index (χ1n) is 6.62. The van der Waals surface area contributed by atoms with E-state index in [1.807, 2.05) is 11.7 Å². The maximum Gasteiger partial charge on any atom is 0.376 e. The number of rotatable bonds is 4. The molecule has 2 atom stereocenters. The lowest BCUT2D eigenvalue weighted by Crippen LogP contribution is -2.42. The van der Waals surface area contributed by atoms with Crippen molar-refractivity contribution in [3.05, 3.63) is 28.2 Å². The number of nitrogens with zero attached hydrogens (tertiary/aromatic N) is 1. The number of hydrogen-bond acceptors (Lipinski definition) is 4. The predicted molar refractivity (Wildman–Crippen MR) is 85.2 cm³/mol. The predicted octanol–water partition coefficient (Wildman–Crippen LogP) is 1.84. The number of halogens is 2. The lowest BCUT2D eigenvalue weighted by molar-refractivity contribution is 0.360. The lowest BCUT2D eigenvalue weighted by Gasteiger charge is -2.21. The average molecular weight is 351 g/mol.